The first-order valence-electron chi connectivity index (χ1n) is 7.38. The van der Waals surface area contributed by atoms with Crippen molar-refractivity contribution in [3.05, 3.63) is 22.2 Å². The van der Waals surface area contributed by atoms with Crippen molar-refractivity contribution < 1.29 is 5.11 Å². The molecule has 0 unspecified atom stereocenters. The molecular formula is C15H25N3O2. The van der Waals surface area contributed by atoms with Gasteiger partial charge in [-0.3, -0.25) is 4.79 Å². The number of hydrogen-bond donors (Lipinski definition) is 3. The van der Waals surface area contributed by atoms with Gasteiger partial charge in [-0.25, -0.2) is 4.98 Å². The number of aliphatic hydroxyl groups is 1. The third kappa shape index (κ3) is 3.82. The van der Waals surface area contributed by atoms with Crippen molar-refractivity contribution in [3.63, 3.8) is 0 Å². The van der Waals surface area contributed by atoms with Crippen molar-refractivity contribution in [2.75, 3.05) is 11.9 Å². The Kier molecular flexibility index (Phi) is 4.18. The number of rotatable bonds is 4. The van der Waals surface area contributed by atoms with Crippen LogP contribution in [0.4, 0.5) is 5.82 Å². The SMILES string of the molecule is CCc1nc(NCC2(O)CCC(C)(C)CC2)cc(=O)[nH]1. The summed E-state index contributed by atoms with van der Waals surface area (Å²) in [5.74, 6) is 1.21. The van der Waals surface area contributed by atoms with Crippen LogP contribution in [0.25, 0.3) is 0 Å². The lowest BCUT2D eigenvalue weighted by molar-refractivity contribution is -0.0145. The zero-order valence-corrected chi connectivity index (χ0v) is 12.6. The average Bonchev–Trinajstić information content (AvgIpc) is 2.40. The third-order valence-electron chi connectivity index (χ3n) is 4.26. The molecule has 0 atom stereocenters. The zero-order valence-electron chi connectivity index (χ0n) is 12.6. The summed E-state index contributed by atoms with van der Waals surface area (Å²) in [7, 11) is 0. The molecule has 1 aromatic heterocycles. The van der Waals surface area contributed by atoms with Crippen LogP contribution in [-0.4, -0.2) is 27.2 Å². The van der Waals surface area contributed by atoms with Crippen molar-refractivity contribution in [1.29, 1.82) is 0 Å². The minimum atomic E-state index is -0.688. The number of aryl methyl sites for hydroxylation is 1. The van der Waals surface area contributed by atoms with Gasteiger partial charge in [-0.05, 0) is 31.1 Å². The van der Waals surface area contributed by atoms with E-state index in [2.05, 4.69) is 29.1 Å². The molecule has 112 valence electrons. The van der Waals surface area contributed by atoms with Crippen LogP contribution in [-0.2, 0) is 6.42 Å². The molecule has 5 heteroatoms. The highest BCUT2D eigenvalue weighted by Crippen LogP contribution is 2.40. The lowest BCUT2D eigenvalue weighted by Crippen LogP contribution is -2.42. The number of H-pyrrole nitrogens is 1. The van der Waals surface area contributed by atoms with Crippen molar-refractivity contribution in [2.24, 2.45) is 5.41 Å². The van der Waals surface area contributed by atoms with E-state index < -0.39 is 5.60 Å². The summed E-state index contributed by atoms with van der Waals surface area (Å²) in [6.07, 6.45) is 4.30. The highest BCUT2D eigenvalue weighted by atomic mass is 16.3. The molecule has 3 N–H and O–H groups in total. The zero-order chi connectivity index (χ0) is 14.8. The molecule has 5 nitrogen and oxygen atoms in total. The molecule has 0 saturated heterocycles. The second-order valence-electron chi connectivity index (χ2n) is 6.67. The van der Waals surface area contributed by atoms with E-state index in [9.17, 15) is 9.90 Å². The van der Waals surface area contributed by atoms with Crippen LogP contribution in [0.5, 0.6) is 0 Å². The quantitative estimate of drug-likeness (QED) is 0.788. The van der Waals surface area contributed by atoms with Gasteiger partial charge in [0.25, 0.3) is 5.56 Å². The van der Waals surface area contributed by atoms with E-state index in [0.29, 0.717) is 30.0 Å². The molecule has 0 spiro atoms. The van der Waals surface area contributed by atoms with E-state index in [0.717, 1.165) is 25.7 Å². The highest BCUT2D eigenvalue weighted by molar-refractivity contribution is 5.33. The Morgan fingerprint density at radius 1 is 1.35 bits per heavy atom. The van der Waals surface area contributed by atoms with Crippen LogP contribution in [0.1, 0.15) is 52.3 Å². The van der Waals surface area contributed by atoms with Crippen LogP contribution in [0.15, 0.2) is 10.9 Å². The summed E-state index contributed by atoms with van der Waals surface area (Å²) < 4.78 is 0. The van der Waals surface area contributed by atoms with Crippen LogP contribution < -0.4 is 10.9 Å². The minimum absolute atomic E-state index is 0.156. The topological polar surface area (TPSA) is 78.0 Å². The van der Waals surface area contributed by atoms with E-state index in [1.807, 2.05) is 6.92 Å². The number of aromatic amines is 1. The molecule has 1 heterocycles. The fraction of sp³-hybridized carbons (Fsp3) is 0.733. The molecule has 0 aromatic carbocycles. The molecule has 1 aromatic rings. The maximum atomic E-state index is 11.5. The van der Waals surface area contributed by atoms with Crippen LogP contribution in [0.2, 0.25) is 0 Å². The molecule has 2 rings (SSSR count). The predicted octanol–water partition coefficient (Wildman–Crippen LogP) is 2.08. The first-order valence-corrected chi connectivity index (χ1v) is 7.38. The summed E-state index contributed by atoms with van der Waals surface area (Å²) in [5, 5.41) is 13.7. The van der Waals surface area contributed by atoms with Gasteiger partial charge < -0.3 is 15.4 Å². The molecule has 0 aliphatic heterocycles. The van der Waals surface area contributed by atoms with Crippen LogP contribution in [0.3, 0.4) is 0 Å². The fourth-order valence-electron chi connectivity index (χ4n) is 2.59. The van der Waals surface area contributed by atoms with Gasteiger partial charge in [0.05, 0.1) is 5.60 Å². The normalized spacial score (nSPS) is 20.6. The Bertz CT molecular complexity index is 512. The van der Waals surface area contributed by atoms with E-state index >= 15 is 0 Å². The standard InChI is InChI=1S/C15H25N3O2/c1-4-11-17-12(9-13(19)18-11)16-10-15(20)7-5-14(2,3)6-8-15/h9,20H,4-8,10H2,1-3H3,(H2,16,17,18,19). The van der Waals surface area contributed by atoms with Crippen molar-refractivity contribution >= 4 is 5.82 Å². The number of nitrogens with one attached hydrogen (secondary N) is 2. The molecule has 0 radical (unpaired) electrons. The van der Waals surface area contributed by atoms with Gasteiger partial charge in [-0.15, -0.1) is 0 Å². The van der Waals surface area contributed by atoms with Crippen LogP contribution >= 0.6 is 0 Å². The Labute approximate surface area is 119 Å². The summed E-state index contributed by atoms with van der Waals surface area (Å²) in [5.41, 5.74) is -0.522. The molecule has 1 saturated carbocycles. The van der Waals surface area contributed by atoms with Gasteiger partial charge in [-0.1, -0.05) is 20.8 Å². The van der Waals surface area contributed by atoms with Gasteiger partial charge in [0.1, 0.15) is 11.6 Å². The molecule has 20 heavy (non-hydrogen) atoms. The van der Waals surface area contributed by atoms with Gasteiger partial charge in [-0.2, -0.15) is 0 Å². The maximum absolute atomic E-state index is 11.5. The molecule has 0 bridgehead atoms. The van der Waals surface area contributed by atoms with Gasteiger partial charge in [0, 0.05) is 19.0 Å². The molecule has 1 fully saturated rings. The van der Waals surface area contributed by atoms with Crippen LogP contribution in [0, 0.1) is 5.41 Å². The maximum Gasteiger partial charge on any atom is 0.252 e. The molecule has 0 amide bonds. The van der Waals surface area contributed by atoms with Crippen molar-refractivity contribution in [2.45, 2.75) is 58.5 Å². The van der Waals surface area contributed by atoms with Gasteiger partial charge in [0.2, 0.25) is 0 Å². The summed E-state index contributed by atoms with van der Waals surface area (Å²) in [6, 6.07) is 1.44. The van der Waals surface area contributed by atoms with E-state index in [1.165, 1.54) is 6.07 Å². The fourth-order valence-corrected chi connectivity index (χ4v) is 2.59. The number of hydrogen-bond acceptors (Lipinski definition) is 4. The lowest BCUT2D eigenvalue weighted by Gasteiger charge is -2.40. The number of anilines is 1. The number of nitrogens with zero attached hydrogens (tertiary/aromatic N) is 1. The molecular weight excluding hydrogens is 254 g/mol. The Balaban J connectivity index is 1.98. The van der Waals surface area contributed by atoms with E-state index in [4.69, 9.17) is 0 Å². The first-order chi connectivity index (χ1) is 9.32. The third-order valence-corrected chi connectivity index (χ3v) is 4.26. The summed E-state index contributed by atoms with van der Waals surface area (Å²) >= 11 is 0. The van der Waals surface area contributed by atoms with Crippen molar-refractivity contribution in [3.8, 4) is 0 Å². The van der Waals surface area contributed by atoms with Gasteiger partial charge >= 0.3 is 0 Å². The predicted molar refractivity (Wildman–Crippen MR) is 79.9 cm³/mol. The number of aromatic nitrogens is 2. The first kappa shape index (κ1) is 15.0. The Morgan fingerprint density at radius 3 is 2.60 bits per heavy atom. The van der Waals surface area contributed by atoms with E-state index in [-0.39, 0.29) is 5.56 Å². The summed E-state index contributed by atoms with van der Waals surface area (Å²) in [6.45, 7) is 6.87. The smallest absolute Gasteiger partial charge is 0.252 e. The minimum Gasteiger partial charge on any atom is -0.388 e. The summed E-state index contributed by atoms with van der Waals surface area (Å²) in [4.78, 5) is 18.5. The lowest BCUT2D eigenvalue weighted by atomic mass is 9.71. The second kappa shape index (κ2) is 5.56. The second-order valence-corrected chi connectivity index (χ2v) is 6.67. The van der Waals surface area contributed by atoms with Crippen molar-refractivity contribution in [1.82, 2.24) is 9.97 Å². The van der Waals surface area contributed by atoms with E-state index in [1.54, 1.807) is 0 Å². The van der Waals surface area contributed by atoms with Gasteiger partial charge in [0.15, 0.2) is 0 Å². The highest BCUT2D eigenvalue weighted by Gasteiger charge is 2.36. The Morgan fingerprint density at radius 2 is 2.00 bits per heavy atom. The average molecular weight is 279 g/mol. The molecule has 1 aliphatic carbocycles. The monoisotopic (exact) mass is 279 g/mol. The Hall–Kier alpha value is -1.36. The molecule has 1 aliphatic rings. The largest absolute Gasteiger partial charge is 0.388 e.